The van der Waals surface area contributed by atoms with Crippen LogP contribution in [-0.4, -0.2) is 46.4 Å². The molecule has 0 aliphatic heterocycles. The largest absolute Gasteiger partial charge is 0.495 e. The molecule has 0 aromatic heterocycles. The number of hydrogen-bond acceptors (Lipinski definition) is 4. The normalized spacial score (nSPS) is 24.2. The number of ether oxygens (including phenoxy) is 1. The van der Waals surface area contributed by atoms with Gasteiger partial charge in [0.25, 0.3) is 0 Å². The number of benzene rings is 1. The topological polar surface area (TPSA) is 75.7 Å². The van der Waals surface area contributed by atoms with Crippen molar-refractivity contribution in [3.05, 3.63) is 29.8 Å². The SMILES string of the molecule is COc1ccc(/C=C/C(=O)NCCC2CC3CCC2C3)cc1S(=O)(=O)N(C)C. The van der Waals surface area contributed by atoms with Gasteiger partial charge in [0.15, 0.2) is 0 Å². The molecule has 6 nitrogen and oxygen atoms in total. The van der Waals surface area contributed by atoms with Crippen LogP contribution in [0.5, 0.6) is 5.75 Å². The molecule has 3 atom stereocenters. The van der Waals surface area contributed by atoms with E-state index < -0.39 is 10.0 Å². The Balaban J connectivity index is 1.58. The van der Waals surface area contributed by atoms with Crippen LogP contribution in [0.1, 0.15) is 37.7 Å². The summed E-state index contributed by atoms with van der Waals surface area (Å²) in [6.45, 7) is 0.694. The Morgan fingerprint density at radius 1 is 1.29 bits per heavy atom. The minimum atomic E-state index is -3.63. The van der Waals surface area contributed by atoms with Crippen LogP contribution >= 0.6 is 0 Å². The van der Waals surface area contributed by atoms with E-state index in [2.05, 4.69) is 5.32 Å². The van der Waals surface area contributed by atoms with Gasteiger partial charge in [-0.1, -0.05) is 12.5 Å². The second kappa shape index (κ2) is 8.66. The first-order valence-electron chi connectivity index (χ1n) is 9.87. The van der Waals surface area contributed by atoms with Crippen LogP contribution in [0, 0.1) is 17.8 Å². The number of nitrogens with one attached hydrogen (secondary N) is 1. The van der Waals surface area contributed by atoms with Gasteiger partial charge in [0, 0.05) is 26.7 Å². The molecular formula is C21H30N2O4S. The van der Waals surface area contributed by atoms with Crippen molar-refractivity contribution in [2.45, 2.75) is 37.0 Å². The second-order valence-electron chi connectivity index (χ2n) is 8.05. The van der Waals surface area contributed by atoms with Gasteiger partial charge >= 0.3 is 0 Å². The molecule has 2 aliphatic carbocycles. The van der Waals surface area contributed by atoms with E-state index in [1.165, 1.54) is 59.0 Å². The number of sulfonamides is 1. The molecule has 0 saturated heterocycles. The van der Waals surface area contributed by atoms with Gasteiger partial charge in [0.1, 0.15) is 10.6 Å². The molecule has 154 valence electrons. The predicted molar refractivity (Wildman–Crippen MR) is 109 cm³/mol. The second-order valence-corrected chi connectivity index (χ2v) is 10.2. The highest BCUT2D eigenvalue weighted by Gasteiger charge is 2.38. The Hall–Kier alpha value is -1.86. The first-order chi connectivity index (χ1) is 13.3. The summed E-state index contributed by atoms with van der Waals surface area (Å²) in [4.78, 5) is 12.2. The number of methoxy groups -OCH3 is 1. The van der Waals surface area contributed by atoms with Crippen LogP contribution in [0.15, 0.2) is 29.2 Å². The minimum absolute atomic E-state index is 0.0823. The van der Waals surface area contributed by atoms with Crippen LogP contribution in [0.25, 0.3) is 6.08 Å². The molecule has 1 aromatic carbocycles. The smallest absolute Gasteiger partial charge is 0.246 e. The van der Waals surface area contributed by atoms with E-state index in [0.717, 1.165) is 28.5 Å². The number of fused-ring (bicyclic) bond motifs is 2. The molecule has 7 heteroatoms. The molecule has 1 N–H and O–H groups in total. The summed E-state index contributed by atoms with van der Waals surface area (Å²) in [5, 5.41) is 2.95. The molecule has 2 saturated carbocycles. The van der Waals surface area contributed by atoms with Crippen LogP contribution in [0.2, 0.25) is 0 Å². The lowest BCUT2D eigenvalue weighted by Crippen LogP contribution is -2.25. The number of nitrogens with zero attached hydrogens (tertiary/aromatic N) is 1. The fourth-order valence-electron chi connectivity index (χ4n) is 4.54. The van der Waals surface area contributed by atoms with E-state index in [-0.39, 0.29) is 16.6 Å². The average molecular weight is 407 g/mol. The van der Waals surface area contributed by atoms with Crippen molar-refractivity contribution in [2.75, 3.05) is 27.7 Å². The number of amides is 1. The van der Waals surface area contributed by atoms with Crippen molar-refractivity contribution in [1.82, 2.24) is 9.62 Å². The quantitative estimate of drug-likeness (QED) is 0.674. The molecule has 1 amide bonds. The molecule has 2 fully saturated rings. The molecule has 1 aromatic rings. The zero-order valence-corrected chi connectivity index (χ0v) is 17.7. The third-order valence-electron chi connectivity index (χ3n) is 6.07. The van der Waals surface area contributed by atoms with Gasteiger partial charge in [-0.15, -0.1) is 0 Å². The standard InChI is InChI=1S/C21H30N2O4S/c1-23(2)28(25,26)20-14-15(5-8-19(20)27-3)6-9-21(24)22-11-10-18-13-16-4-7-17(18)12-16/h5-6,8-9,14,16-18H,4,7,10-13H2,1-3H3,(H,22,24)/b9-6+. The average Bonchev–Trinajstić information content (AvgIpc) is 3.29. The number of rotatable bonds is 8. The maximum Gasteiger partial charge on any atom is 0.246 e. The maximum absolute atomic E-state index is 12.5. The van der Waals surface area contributed by atoms with Crippen LogP contribution in [0.3, 0.4) is 0 Å². The van der Waals surface area contributed by atoms with Gasteiger partial charge in [-0.05, 0) is 67.2 Å². The fourth-order valence-corrected chi connectivity index (χ4v) is 5.62. The highest BCUT2D eigenvalue weighted by atomic mass is 32.2. The summed E-state index contributed by atoms with van der Waals surface area (Å²) >= 11 is 0. The van der Waals surface area contributed by atoms with Gasteiger partial charge < -0.3 is 10.1 Å². The zero-order valence-electron chi connectivity index (χ0n) is 16.8. The highest BCUT2D eigenvalue weighted by Crippen LogP contribution is 2.49. The first-order valence-corrected chi connectivity index (χ1v) is 11.3. The minimum Gasteiger partial charge on any atom is -0.495 e. The van der Waals surface area contributed by atoms with Gasteiger partial charge in [-0.25, -0.2) is 12.7 Å². The number of carbonyl (C=O) groups is 1. The Bertz CT molecular complexity index is 848. The first kappa shape index (κ1) is 20.9. The lowest BCUT2D eigenvalue weighted by Gasteiger charge is -2.21. The van der Waals surface area contributed by atoms with E-state index in [4.69, 9.17) is 4.74 Å². The van der Waals surface area contributed by atoms with Crippen molar-refractivity contribution >= 4 is 22.0 Å². The Kier molecular flexibility index (Phi) is 6.45. The van der Waals surface area contributed by atoms with Crippen molar-refractivity contribution in [3.8, 4) is 5.75 Å². The van der Waals surface area contributed by atoms with Gasteiger partial charge in [0.05, 0.1) is 7.11 Å². The monoisotopic (exact) mass is 406 g/mol. The maximum atomic E-state index is 12.5. The highest BCUT2D eigenvalue weighted by molar-refractivity contribution is 7.89. The summed E-state index contributed by atoms with van der Waals surface area (Å²) in [7, 11) is 0.745. The van der Waals surface area contributed by atoms with Gasteiger partial charge in [-0.2, -0.15) is 0 Å². The van der Waals surface area contributed by atoms with Crippen LogP contribution in [0.4, 0.5) is 0 Å². The zero-order chi connectivity index (χ0) is 20.3. The van der Waals surface area contributed by atoms with E-state index in [1.807, 2.05) is 0 Å². The molecule has 0 radical (unpaired) electrons. The fraction of sp³-hybridized carbons (Fsp3) is 0.571. The van der Waals surface area contributed by atoms with Gasteiger partial charge in [0.2, 0.25) is 15.9 Å². The third kappa shape index (κ3) is 4.58. The summed E-state index contributed by atoms with van der Waals surface area (Å²) < 4.78 is 31.2. The molecule has 3 rings (SSSR count). The van der Waals surface area contributed by atoms with Crippen molar-refractivity contribution in [3.63, 3.8) is 0 Å². The third-order valence-corrected chi connectivity index (χ3v) is 7.91. The van der Waals surface area contributed by atoms with E-state index >= 15 is 0 Å². The predicted octanol–water partition coefficient (Wildman–Crippen LogP) is 2.90. The Morgan fingerprint density at radius 2 is 2.07 bits per heavy atom. The van der Waals surface area contributed by atoms with Crippen molar-refractivity contribution in [2.24, 2.45) is 17.8 Å². The summed E-state index contributed by atoms with van der Waals surface area (Å²) in [6.07, 6.45) is 9.59. The van der Waals surface area contributed by atoms with E-state index in [0.29, 0.717) is 12.1 Å². The lowest BCUT2D eigenvalue weighted by molar-refractivity contribution is -0.116. The molecule has 0 spiro atoms. The van der Waals surface area contributed by atoms with Crippen LogP contribution < -0.4 is 10.1 Å². The molecule has 2 bridgehead atoms. The van der Waals surface area contributed by atoms with Crippen LogP contribution in [-0.2, 0) is 14.8 Å². The summed E-state index contributed by atoms with van der Waals surface area (Å²) in [5.74, 6) is 2.68. The molecule has 3 unspecified atom stereocenters. The summed E-state index contributed by atoms with van der Waals surface area (Å²) in [6, 6.07) is 4.85. The molecule has 0 heterocycles. The molecular weight excluding hydrogens is 376 g/mol. The molecule has 2 aliphatic rings. The Labute approximate surface area is 168 Å². The lowest BCUT2D eigenvalue weighted by atomic mass is 9.86. The molecule has 28 heavy (non-hydrogen) atoms. The van der Waals surface area contributed by atoms with E-state index in [9.17, 15) is 13.2 Å². The summed E-state index contributed by atoms with van der Waals surface area (Å²) in [5.41, 5.74) is 0.629. The van der Waals surface area contributed by atoms with Gasteiger partial charge in [-0.3, -0.25) is 4.79 Å². The number of carbonyl (C=O) groups excluding carboxylic acids is 1. The van der Waals surface area contributed by atoms with Crippen molar-refractivity contribution in [1.29, 1.82) is 0 Å². The Morgan fingerprint density at radius 3 is 2.68 bits per heavy atom. The number of hydrogen-bond donors (Lipinski definition) is 1. The van der Waals surface area contributed by atoms with E-state index in [1.54, 1.807) is 18.2 Å². The van der Waals surface area contributed by atoms with Crippen molar-refractivity contribution < 1.29 is 17.9 Å².